The number of methoxy groups -OCH3 is 2. The average Bonchev–Trinajstić information content (AvgIpc) is 2.40. The zero-order valence-electron chi connectivity index (χ0n) is 12.0. The van der Waals surface area contributed by atoms with Gasteiger partial charge < -0.3 is 29.2 Å². The topological polar surface area (TPSA) is 94.5 Å². The second-order valence-electron chi connectivity index (χ2n) is 5.23. The Bertz CT molecular complexity index is 434. The van der Waals surface area contributed by atoms with Crippen LogP contribution in [-0.2, 0) is 23.7 Å². The van der Waals surface area contributed by atoms with E-state index >= 15 is 0 Å². The first kappa shape index (κ1) is 15.4. The van der Waals surface area contributed by atoms with Crippen molar-refractivity contribution in [1.29, 1.82) is 0 Å². The van der Waals surface area contributed by atoms with Gasteiger partial charge in [-0.15, -0.1) is 0 Å². The molecule has 20 heavy (non-hydrogen) atoms. The number of hydrogen-bond donors (Lipinski definition) is 2. The molecule has 5 atom stereocenters. The third-order valence-electron chi connectivity index (χ3n) is 4.11. The van der Waals surface area contributed by atoms with Crippen molar-refractivity contribution in [2.75, 3.05) is 14.2 Å². The molecule has 0 amide bonds. The summed E-state index contributed by atoms with van der Waals surface area (Å²) in [6, 6.07) is 0. The van der Waals surface area contributed by atoms with Gasteiger partial charge in [-0.2, -0.15) is 0 Å². The second kappa shape index (κ2) is 5.09. The molecule has 7 heteroatoms. The van der Waals surface area contributed by atoms with Gasteiger partial charge in [-0.3, -0.25) is 0 Å². The van der Waals surface area contributed by atoms with E-state index in [2.05, 4.69) is 0 Å². The predicted molar refractivity (Wildman–Crippen MR) is 66.9 cm³/mol. The minimum absolute atomic E-state index is 0.0989. The Morgan fingerprint density at radius 1 is 1.30 bits per heavy atom. The van der Waals surface area contributed by atoms with Crippen LogP contribution in [0.15, 0.2) is 11.6 Å². The first-order valence-electron chi connectivity index (χ1n) is 6.34. The maximum Gasteiger partial charge on any atom is 0.331 e. The van der Waals surface area contributed by atoms with Crippen LogP contribution in [0.5, 0.6) is 0 Å². The Hall–Kier alpha value is -0.990. The van der Waals surface area contributed by atoms with Crippen molar-refractivity contribution in [1.82, 2.24) is 0 Å². The molecule has 0 aromatic carbocycles. The van der Waals surface area contributed by atoms with Gasteiger partial charge in [0.05, 0.1) is 6.10 Å². The number of fused-ring (bicyclic) bond motifs is 1. The first-order valence-corrected chi connectivity index (χ1v) is 6.34. The van der Waals surface area contributed by atoms with Crippen LogP contribution >= 0.6 is 0 Å². The van der Waals surface area contributed by atoms with E-state index in [9.17, 15) is 9.90 Å². The van der Waals surface area contributed by atoms with E-state index < -0.39 is 35.9 Å². The van der Waals surface area contributed by atoms with Crippen molar-refractivity contribution in [3.63, 3.8) is 0 Å². The molecule has 0 radical (unpaired) electrons. The average molecular weight is 288 g/mol. The highest BCUT2D eigenvalue weighted by atomic mass is 16.8. The lowest BCUT2D eigenvalue weighted by atomic mass is 9.89. The lowest BCUT2D eigenvalue weighted by Gasteiger charge is -2.53. The Morgan fingerprint density at radius 2 is 1.85 bits per heavy atom. The maximum atomic E-state index is 11.1. The molecule has 1 saturated heterocycles. The highest BCUT2D eigenvalue weighted by Gasteiger charge is 2.58. The summed E-state index contributed by atoms with van der Waals surface area (Å²) in [4.78, 5) is 11.1. The van der Waals surface area contributed by atoms with Gasteiger partial charge >= 0.3 is 5.97 Å². The van der Waals surface area contributed by atoms with Crippen molar-refractivity contribution in [3.05, 3.63) is 11.6 Å². The van der Waals surface area contributed by atoms with Gasteiger partial charge in [0.25, 0.3) is 0 Å². The number of rotatable bonds is 3. The molecule has 7 nitrogen and oxygen atoms in total. The van der Waals surface area contributed by atoms with Crippen molar-refractivity contribution in [3.8, 4) is 0 Å². The molecule has 114 valence electrons. The lowest BCUT2D eigenvalue weighted by Crippen LogP contribution is -2.67. The van der Waals surface area contributed by atoms with Crippen LogP contribution in [-0.4, -0.2) is 60.3 Å². The quantitative estimate of drug-likeness (QED) is 0.769. The Balaban J connectivity index is 2.32. The molecule has 1 aliphatic carbocycles. The molecule has 1 fully saturated rings. The van der Waals surface area contributed by atoms with Gasteiger partial charge in [0, 0.05) is 26.2 Å². The second-order valence-corrected chi connectivity index (χ2v) is 5.23. The summed E-state index contributed by atoms with van der Waals surface area (Å²) in [7, 11) is 2.91. The summed E-state index contributed by atoms with van der Waals surface area (Å²) < 4.78 is 22.3. The lowest BCUT2D eigenvalue weighted by molar-refractivity contribution is -0.453. The number of hydrogen-bond acceptors (Lipinski definition) is 6. The molecule has 1 aliphatic heterocycles. The van der Waals surface area contributed by atoms with Crippen molar-refractivity contribution in [2.45, 2.75) is 50.2 Å². The fourth-order valence-electron chi connectivity index (χ4n) is 2.56. The smallest absolute Gasteiger partial charge is 0.331 e. The van der Waals surface area contributed by atoms with Crippen LogP contribution in [0, 0.1) is 0 Å². The molecular formula is C13H20O7. The zero-order valence-corrected chi connectivity index (χ0v) is 12.0. The van der Waals surface area contributed by atoms with Gasteiger partial charge in [0.15, 0.2) is 0 Å². The van der Waals surface area contributed by atoms with Crippen LogP contribution in [0.4, 0.5) is 0 Å². The Labute approximate surface area is 117 Å². The van der Waals surface area contributed by atoms with E-state index in [-0.39, 0.29) is 12.0 Å². The Morgan fingerprint density at radius 3 is 2.35 bits per heavy atom. The third-order valence-corrected chi connectivity index (χ3v) is 4.11. The van der Waals surface area contributed by atoms with E-state index in [0.717, 1.165) is 0 Å². The van der Waals surface area contributed by atoms with Gasteiger partial charge in [-0.05, 0) is 19.9 Å². The molecule has 0 spiro atoms. The molecule has 2 aliphatic rings. The molecule has 4 unspecified atom stereocenters. The summed E-state index contributed by atoms with van der Waals surface area (Å²) in [5.74, 6) is -3.49. The van der Waals surface area contributed by atoms with Gasteiger partial charge in [0.1, 0.15) is 12.2 Å². The predicted octanol–water partition coefficient (Wildman–Crippen LogP) is 0.271. The van der Waals surface area contributed by atoms with Crippen LogP contribution in [0.2, 0.25) is 0 Å². The van der Waals surface area contributed by atoms with E-state index in [1.807, 2.05) is 0 Å². The first-order chi connectivity index (χ1) is 9.26. The van der Waals surface area contributed by atoms with Gasteiger partial charge in [-0.25, -0.2) is 4.79 Å². The zero-order chi connectivity index (χ0) is 15.1. The van der Waals surface area contributed by atoms with E-state index in [0.29, 0.717) is 0 Å². The van der Waals surface area contributed by atoms with Gasteiger partial charge in [-0.1, -0.05) is 0 Å². The highest BCUT2D eigenvalue weighted by molar-refractivity contribution is 5.87. The summed E-state index contributed by atoms with van der Waals surface area (Å²) in [5.41, 5.74) is 0.0989. The van der Waals surface area contributed by atoms with Crippen LogP contribution < -0.4 is 0 Å². The standard InChI is InChI=1S/C13H20O7/c1-12(17-3)13(2,18-4)20-10-8(14)5-7(11(15)16)6-9(10)19-12/h5,8-10,14H,6H2,1-4H3,(H,15,16)/t8?,9?,10-,12?,13?/m1/s1. The van der Waals surface area contributed by atoms with Crippen LogP contribution in [0.3, 0.4) is 0 Å². The highest BCUT2D eigenvalue weighted by Crippen LogP contribution is 2.43. The minimum Gasteiger partial charge on any atom is -0.478 e. The normalized spacial score (nSPS) is 44.6. The monoisotopic (exact) mass is 288 g/mol. The number of ether oxygens (including phenoxy) is 4. The molecule has 1 heterocycles. The van der Waals surface area contributed by atoms with Crippen molar-refractivity contribution < 1.29 is 34.0 Å². The molecule has 2 rings (SSSR count). The largest absolute Gasteiger partial charge is 0.478 e. The number of aliphatic hydroxyl groups is 1. The van der Waals surface area contributed by atoms with E-state index in [4.69, 9.17) is 24.1 Å². The summed E-state index contributed by atoms with van der Waals surface area (Å²) in [5, 5.41) is 19.1. The molecule has 2 N–H and O–H groups in total. The maximum absolute atomic E-state index is 11.1. The fourth-order valence-corrected chi connectivity index (χ4v) is 2.56. The summed E-state index contributed by atoms with van der Waals surface area (Å²) in [6.45, 7) is 3.30. The van der Waals surface area contributed by atoms with E-state index in [1.165, 1.54) is 20.3 Å². The minimum atomic E-state index is -1.21. The molecule has 0 bridgehead atoms. The number of carboxylic acids is 1. The number of carboxylic acid groups (broad SMARTS) is 1. The Kier molecular flexibility index (Phi) is 3.92. The number of aliphatic carboxylic acids is 1. The fraction of sp³-hybridized carbons (Fsp3) is 0.769. The summed E-state index contributed by atoms with van der Waals surface area (Å²) in [6.07, 6.45) is -0.981. The molecular weight excluding hydrogens is 268 g/mol. The number of carbonyl (C=O) groups is 1. The van der Waals surface area contributed by atoms with Crippen molar-refractivity contribution >= 4 is 5.97 Å². The third kappa shape index (κ3) is 2.25. The summed E-state index contributed by atoms with van der Waals surface area (Å²) >= 11 is 0. The van der Waals surface area contributed by atoms with Crippen LogP contribution in [0.25, 0.3) is 0 Å². The molecule has 0 saturated carbocycles. The van der Waals surface area contributed by atoms with Crippen molar-refractivity contribution in [2.24, 2.45) is 0 Å². The van der Waals surface area contributed by atoms with Gasteiger partial charge in [0.2, 0.25) is 11.6 Å². The van der Waals surface area contributed by atoms with Crippen LogP contribution in [0.1, 0.15) is 20.3 Å². The molecule has 0 aromatic rings. The number of aliphatic hydroxyl groups excluding tert-OH is 1. The SMILES string of the molecule is COC1(C)OC2CC(C(=O)O)=CC(O)[C@H]2OC1(C)OC. The van der Waals surface area contributed by atoms with E-state index in [1.54, 1.807) is 13.8 Å². The molecule has 0 aromatic heterocycles.